The van der Waals surface area contributed by atoms with Crippen molar-refractivity contribution in [3.63, 3.8) is 0 Å². The van der Waals surface area contributed by atoms with Crippen LogP contribution in [0.25, 0.3) is 10.6 Å². The summed E-state index contributed by atoms with van der Waals surface area (Å²) in [6.45, 7) is 2.98. The van der Waals surface area contributed by atoms with Gasteiger partial charge in [0.25, 0.3) is 0 Å². The SMILES string of the molecule is CCCCCCCCCCCCCCCc1nnc(-c2ccc(OCCCO)cc2)s1. The summed E-state index contributed by atoms with van der Waals surface area (Å²) in [6, 6.07) is 7.98. The van der Waals surface area contributed by atoms with Crippen LogP contribution in [0.1, 0.15) is 102 Å². The highest BCUT2D eigenvalue weighted by molar-refractivity contribution is 7.14. The minimum absolute atomic E-state index is 0.158. The van der Waals surface area contributed by atoms with Crippen molar-refractivity contribution in [2.45, 2.75) is 103 Å². The molecule has 5 heteroatoms. The van der Waals surface area contributed by atoms with Gasteiger partial charge < -0.3 is 9.84 Å². The second-order valence-electron chi connectivity index (χ2n) is 8.44. The van der Waals surface area contributed by atoms with Crippen molar-refractivity contribution in [2.75, 3.05) is 13.2 Å². The Morgan fingerprint density at radius 1 is 0.742 bits per heavy atom. The van der Waals surface area contributed by atoms with Gasteiger partial charge in [0.05, 0.1) is 6.61 Å². The topological polar surface area (TPSA) is 55.2 Å². The third kappa shape index (κ3) is 11.6. The lowest BCUT2D eigenvalue weighted by Gasteiger charge is -2.05. The van der Waals surface area contributed by atoms with Crippen molar-refractivity contribution in [3.05, 3.63) is 29.3 Å². The highest BCUT2D eigenvalue weighted by atomic mass is 32.1. The van der Waals surface area contributed by atoms with E-state index in [2.05, 4.69) is 17.1 Å². The van der Waals surface area contributed by atoms with Gasteiger partial charge in [0, 0.05) is 25.0 Å². The number of aliphatic hydroxyl groups excluding tert-OH is 1. The first-order chi connectivity index (χ1) is 15.3. The fourth-order valence-electron chi connectivity index (χ4n) is 3.71. The number of aryl methyl sites for hydroxylation is 1. The van der Waals surface area contributed by atoms with Gasteiger partial charge in [-0.2, -0.15) is 0 Å². The number of hydrogen-bond acceptors (Lipinski definition) is 5. The average Bonchev–Trinajstić information content (AvgIpc) is 3.26. The molecule has 1 heterocycles. The van der Waals surface area contributed by atoms with Crippen molar-refractivity contribution < 1.29 is 9.84 Å². The second-order valence-corrected chi connectivity index (χ2v) is 9.51. The van der Waals surface area contributed by atoms with Crippen LogP contribution in [0.2, 0.25) is 0 Å². The van der Waals surface area contributed by atoms with Gasteiger partial charge >= 0.3 is 0 Å². The van der Waals surface area contributed by atoms with Crippen molar-refractivity contribution in [3.8, 4) is 16.3 Å². The largest absolute Gasteiger partial charge is 0.494 e. The van der Waals surface area contributed by atoms with Gasteiger partial charge in [-0.05, 0) is 30.7 Å². The number of hydrogen-bond donors (Lipinski definition) is 1. The molecular weight excluding hydrogens is 404 g/mol. The van der Waals surface area contributed by atoms with Gasteiger partial charge in [-0.1, -0.05) is 95.3 Å². The van der Waals surface area contributed by atoms with E-state index in [4.69, 9.17) is 9.84 Å². The van der Waals surface area contributed by atoms with Crippen LogP contribution in [0.15, 0.2) is 24.3 Å². The molecule has 0 aliphatic heterocycles. The van der Waals surface area contributed by atoms with Crippen molar-refractivity contribution in [1.82, 2.24) is 10.2 Å². The number of aromatic nitrogens is 2. The summed E-state index contributed by atoms with van der Waals surface area (Å²) in [6.07, 6.45) is 19.7. The Morgan fingerprint density at radius 3 is 1.90 bits per heavy atom. The second kappa shape index (κ2) is 17.1. The van der Waals surface area contributed by atoms with E-state index in [1.165, 1.54) is 83.5 Å². The van der Waals surface area contributed by atoms with Crippen LogP contribution in [0.3, 0.4) is 0 Å². The zero-order valence-corrected chi connectivity index (χ0v) is 20.3. The van der Waals surface area contributed by atoms with E-state index in [1.807, 2.05) is 24.3 Å². The van der Waals surface area contributed by atoms with Crippen molar-refractivity contribution in [2.24, 2.45) is 0 Å². The number of benzene rings is 1. The molecule has 0 saturated heterocycles. The molecule has 0 radical (unpaired) electrons. The minimum atomic E-state index is 0.158. The average molecular weight is 447 g/mol. The van der Waals surface area contributed by atoms with E-state index < -0.39 is 0 Å². The summed E-state index contributed by atoms with van der Waals surface area (Å²) in [7, 11) is 0. The maximum atomic E-state index is 8.82. The van der Waals surface area contributed by atoms with Gasteiger partial charge in [0.15, 0.2) is 0 Å². The molecule has 31 heavy (non-hydrogen) atoms. The van der Waals surface area contributed by atoms with Gasteiger partial charge in [0.1, 0.15) is 15.8 Å². The Labute approximate surface area is 193 Å². The lowest BCUT2D eigenvalue weighted by molar-refractivity contribution is 0.233. The van der Waals surface area contributed by atoms with Crippen LogP contribution in [0, 0.1) is 0 Å². The van der Waals surface area contributed by atoms with E-state index >= 15 is 0 Å². The van der Waals surface area contributed by atoms with Gasteiger partial charge in [-0.25, -0.2) is 0 Å². The molecule has 0 aliphatic rings. The van der Waals surface area contributed by atoms with Crippen molar-refractivity contribution in [1.29, 1.82) is 0 Å². The third-order valence-corrected chi connectivity index (χ3v) is 6.67. The number of aliphatic hydroxyl groups is 1. The molecule has 0 aliphatic carbocycles. The molecule has 0 spiro atoms. The minimum Gasteiger partial charge on any atom is -0.494 e. The maximum Gasteiger partial charge on any atom is 0.147 e. The molecule has 0 atom stereocenters. The van der Waals surface area contributed by atoms with E-state index in [0.717, 1.165) is 27.7 Å². The Bertz CT molecular complexity index is 672. The highest BCUT2D eigenvalue weighted by Crippen LogP contribution is 2.26. The highest BCUT2D eigenvalue weighted by Gasteiger charge is 2.07. The standard InChI is InChI=1S/C26H42N2O2S/c1-2-3-4-5-6-7-8-9-10-11-12-13-14-16-25-27-28-26(31-25)23-17-19-24(20-18-23)30-22-15-21-29/h17-20,29H,2-16,21-22H2,1H3. The zero-order chi connectivity index (χ0) is 22.0. The maximum absolute atomic E-state index is 8.82. The normalized spacial score (nSPS) is 11.2. The molecule has 1 N–H and O–H groups in total. The summed E-state index contributed by atoms with van der Waals surface area (Å²) in [5.41, 5.74) is 1.09. The van der Waals surface area contributed by atoms with E-state index in [9.17, 15) is 0 Å². The summed E-state index contributed by atoms with van der Waals surface area (Å²) in [5, 5.41) is 19.7. The zero-order valence-electron chi connectivity index (χ0n) is 19.5. The summed E-state index contributed by atoms with van der Waals surface area (Å²) in [5.74, 6) is 0.828. The molecule has 2 rings (SSSR count). The smallest absolute Gasteiger partial charge is 0.147 e. The Morgan fingerprint density at radius 2 is 1.32 bits per heavy atom. The summed E-state index contributed by atoms with van der Waals surface area (Å²) in [4.78, 5) is 0. The van der Waals surface area contributed by atoms with Gasteiger partial charge in [0.2, 0.25) is 0 Å². The van der Waals surface area contributed by atoms with E-state index in [1.54, 1.807) is 11.3 Å². The Hall–Kier alpha value is -1.46. The summed E-state index contributed by atoms with van der Waals surface area (Å²) >= 11 is 1.70. The first-order valence-electron chi connectivity index (χ1n) is 12.5. The van der Waals surface area contributed by atoms with Gasteiger partial charge in [-0.3, -0.25) is 0 Å². The molecule has 4 nitrogen and oxygen atoms in total. The molecule has 174 valence electrons. The molecule has 0 unspecified atom stereocenters. The monoisotopic (exact) mass is 446 g/mol. The Balaban J connectivity index is 1.50. The fourth-order valence-corrected chi connectivity index (χ4v) is 4.60. The van der Waals surface area contributed by atoms with E-state index in [-0.39, 0.29) is 6.61 Å². The van der Waals surface area contributed by atoms with E-state index in [0.29, 0.717) is 13.0 Å². The van der Waals surface area contributed by atoms with Crippen molar-refractivity contribution >= 4 is 11.3 Å². The molecule has 2 aromatic rings. The quantitative estimate of drug-likeness (QED) is 0.226. The molecule has 0 bridgehead atoms. The predicted octanol–water partition coefficient (Wildman–Crippen LogP) is 7.60. The molecule has 0 amide bonds. The molecule has 0 fully saturated rings. The molecule has 1 aromatic carbocycles. The molecule has 0 saturated carbocycles. The lowest BCUT2D eigenvalue weighted by Crippen LogP contribution is -1.99. The lowest BCUT2D eigenvalue weighted by atomic mass is 10.0. The van der Waals surface area contributed by atoms with Crippen LogP contribution in [-0.2, 0) is 6.42 Å². The predicted molar refractivity (Wildman–Crippen MR) is 132 cm³/mol. The van der Waals surface area contributed by atoms with Crippen LogP contribution < -0.4 is 4.74 Å². The number of rotatable bonds is 19. The summed E-state index contributed by atoms with van der Waals surface area (Å²) < 4.78 is 5.58. The number of nitrogens with zero attached hydrogens (tertiary/aromatic N) is 2. The van der Waals surface area contributed by atoms with Crippen LogP contribution in [0.5, 0.6) is 5.75 Å². The Kier molecular flexibility index (Phi) is 14.3. The molecular formula is C26H42N2O2S. The first-order valence-corrected chi connectivity index (χ1v) is 13.3. The van der Waals surface area contributed by atoms with Crippen LogP contribution in [0.4, 0.5) is 0 Å². The number of ether oxygens (including phenoxy) is 1. The fraction of sp³-hybridized carbons (Fsp3) is 0.692. The van der Waals surface area contributed by atoms with Crippen LogP contribution in [-0.4, -0.2) is 28.5 Å². The first kappa shape index (κ1) is 25.8. The molecule has 1 aromatic heterocycles. The van der Waals surface area contributed by atoms with Gasteiger partial charge in [-0.15, -0.1) is 10.2 Å². The third-order valence-electron chi connectivity index (χ3n) is 5.63. The number of unbranched alkanes of at least 4 members (excludes halogenated alkanes) is 12. The van der Waals surface area contributed by atoms with Crippen LogP contribution >= 0.6 is 11.3 Å².